The summed E-state index contributed by atoms with van der Waals surface area (Å²) in [6.45, 7) is 6.12. The third-order valence-electron chi connectivity index (χ3n) is 2.99. The molecule has 0 spiro atoms. The summed E-state index contributed by atoms with van der Waals surface area (Å²) in [6, 6.07) is 6.19. The van der Waals surface area contributed by atoms with Crippen molar-refractivity contribution in [3.8, 4) is 16.9 Å². The number of aromatic nitrogens is 1. The van der Waals surface area contributed by atoms with Crippen molar-refractivity contribution in [3.63, 3.8) is 0 Å². The summed E-state index contributed by atoms with van der Waals surface area (Å²) < 4.78 is 5.47. The van der Waals surface area contributed by atoms with Crippen molar-refractivity contribution < 1.29 is 4.74 Å². The van der Waals surface area contributed by atoms with E-state index >= 15 is 0 Å². The number of hydrogen-bond donors (Lipinski definition) is 1. The Balaban J connectivity index is 2.74. The molecule has 0 aliphatic heterocycles. The quantitative estimate of drug-likeness (QED) is 0.879. The van der Waals surface area contributed by atoms with Crippen LogP contribution < -0.4 is 10.5 Å². The molecule has 2 N–H and O–H groups in total. The van der Waals surface area contributed by atoms with Crippen molar-refractivity contribution in [1.82, 2.24) is 4.98 Å². The number of benzene rings is 1. The number of nitrogens with two attached hydrogens (primary N) is 1. The third-order valence-corrected chi connectivity index (χ3v) is 2.99. The van der Waals surface area contributed by atoms with Crippen LogP contribution in [0.15, 0.2) is 24.4 Å². The van der Waals surface area contributed by atoms with Gasteiger partial charge in [0.15, 0.2) is 0 Å². The Morgan fingerprint density at radius 1 is 1.06 bits per heavy atom. The lowest BCUT2D eigenvalue weighted by atomic mass is 9.97. The van der Waals surface area contributed by atoms with Crippen LogP contribution in [0.1, 0.15) is 16.7 Å². The Bertz CT molecular complexity index is 591. The lowest BCUT2D eigenvalue weighted by Crippen LogP contribution is -1.99. The van der Waals surface area contributed by atoms with Gasteiger partial charge in [0.1, 0.15) is 11.6 Å². The average Bonchev–Trinajstić information content (AvgIpc) is 2.32. The molecule has 3 heteroatoms. The minimum Gasteiger partial charge on any atom is -0.496 e. The number of hydrogen-bond acceptors (Lipinski definition) is 3. The Morgan fingerprint density at radius 3 is 2.44 bits per heavy atom. The van der Waals surface area contributed by atoms with Crippen molar-refractivity contribution in [2.45, 2.75) is 20.8 Å². The number of nitrogens with zero attached hydrogens (tertiary/aromatic N) is 1. The maximum Gasteiger partial charge on any atom is 0.131 e. The molecule has 0 amide bonds. The lowest BCUT2D eigenvalue weighted by Gasteiger charge is -2.15. The average molecular weight is 242 g/mol. The number of ether oxygens (including phenoxy) is 1. The minimum absolute atomic E-state index is 0.533. The van der Waals surface area contributed by atoms with Crippen LogP contribution in [-0.4, -0.2) is 12.1 Å². The molecular formula is C15H18N2O. The molecule has 0 atom stereocenters. The van der Waals surface area contributed by atoms with Crippen LogP contribution in [0, 0.1) is 20.8 Å². The molecule has 2 rings (SSSR count). The van der Waals surface area contributed by atoms with Crippen molar-refractivity contribution >= 4 is 5.82 Å². The fourth-order valence-corrected chi connectivity index (χ4v) is 2.21. The summed E-state index contributed by atoms with van der Waals surface area (Å²) in [6.07, 6.45) is 1.77. The van der Waals surface area contributed by atoms with E-state index in [1.54, 1.807) is 13.3 Å². The van der Waals surface area contributed by atoms with Crippen LogP contribution in [-0.2, 0) is 0 Å². The highest BCUT2D eigenvalue weighted by Crippen LogP contribution is 2.36. The molecule has 1 aromatic carbocycles. The van der Waals surface area contributed by atoms with E-state index in [1.165, 1.54) is 5.56 Å². The Morgan fingerprint density at radius 2 is 1.78 bits per heavy atom. The number of pyridine rings is 1. The first-order chi connectivity index (χ1) is 8.52. The van der Waals surface area contributed by atoms with Gasteiger partial charge in [-0.05, 0) is 49.6 Å². The number of methoxy groups -OCH3 is 1. The summed E-state index contributed by atoms with van der Waals surface area (Å²) >= 11 is 0. The van der Waals surface area contributed by atoms with Gasteiger partial charge in [0.25, 0.3) is 0 Å². The molecule has 0 saturated carbocycles. The molecule has 0 saturated heterocycles. The van der Waals surface area contributed by atoms with Crippen molar-refractivity contribution in [1.29, 1.82) is 0 Å². The smallest absolute Gasteiger partial charge is 0.131 e. The van der Waals surface area contributed by atoms with Crippen LogP contribution >= 0.6 is 0 Å². The number of rotatable bonds is 2. The molecule has 0 aliphatic carbocycles. The monoisotopic (exact) mass is 242 g/mol. The van der Waals surface area contributed by atoms with E-state index < -0.39 is 0 Å². The highest BCUT2D eigenvalue weighted by Gasteiger charge is 2.13. The summed E-state index contributed by atoms with van der Waals surface area (Å²) in [4.78, 5) is 4.22. The van der Waals surface area contributed by atoms with Gasteiger partial charge in [0.2, 0.25) is 0 Å². The molecule has 1 aromatic heterocycles. The zero-order valence-corrected chi connectivity index (χ0v) is 11.2. The number of nitrogen functional groups attached to an aromatic ring is 1. The fraction of sp³-hybridized carbons (Fsp3) is 0.267. The third kappa shape index (κ3) is 2.16. The van der Waals surface area contributed by atoms with Crippen molar-refractivity contribution in [2.24, 2.45) is 0 Å². The normalized spacial score (nSPS) is 10.4. The zero-order valence-electron chi connectivity index (χ0n) is 11.2. The summed E-state index contributed by atoms with van der Waals surface area (Å²) in [5.41, 5.74) is 11.3. The Kier molecular flexibility index (Phi) is 3.24. The van der Waals surface area contributed by atoms with Gasteiger partial charge in [-0.1, -0.05) is 6.07 Å². The minimum atomic E-state index is 0.533. The van der Waals surface area contributed by atoms with E-state index in [-0.39, 0.29) is 0 Å². The van der Waals surface area contributed by atoms with E-state index in [0.717, 1.165) is 28.0 Å². The van der Waals surface area contributed by atoms with Gasteiger partial charge < -0.3 is 10.5 Å². The van der Waals surface area contributed by atoms with Gasteiger partial charge >= 0.3 is 0 Å². The Labute approximate surface area is 108 Å². The first-order valence-corrected chi connectivity index (χ1v) is 5.90. The second kappa shape index (κ2) is 4.69. The highest BCUT2D eigenvalue weighted by atomic mass is 16.5. The first-order valence-electron chi connectivity index (χ1n) is 5.90. The predicted octanol–water partition coefficient (Wildman–Crippen LogP) is 3.26. The van der Waals surface area contributed by atoms with E-state index in [0.29, 0.717) is 5.82 Å². The first kappa shape index (κ1) is 12.4. The van der Waals surface area contributed by atoms with Crippen LogP contribution in [0.25, 0.3) is 11.1 Å². The summed E-state index contributed by atoms with van der Waals surface area (Å²) in [5, 5.41) is 0. The van der Waals surface area contributed by atoms with E-state index in [2.05, 4.69) is 24.9 Å². The van der Waals surface area contributed by atoms with Gasteiger partial charge in [-0.15, -0.1) is 0 Å². The van der Waals surface area contributed by atoms with Gasteiger partial charge in [-0.3, -0.25) is 0 Å². The maximum absolute atomic E-state index is 5.99. The molecule has 94 valence electrons. The fourth-order valence-electron chi connectivity index (χ4n) is 2.21. The van der Waals surface area contributed by atoms with Crippen LogP contribution in [0.2, 0.25) is 0 Å². The van der Waals surface area contributed by atoms with Crippen LogP contribution in [0.4, 0.5) is 5.82 Å². The molecule has 0 bridgehead atoms. The molecular weight excluding hydrogens is 224 g/mol. The van der Waals surface area contributed by atoms with Gasteiger partial charge in [-0.2, -0.15) is 0 Å². The molecule has 1 heterocycles. The van der Waals surface area contributed by atoms with E-state index in [9.17, 15) is 0 Å². The van der Waals surface area contributed by atoms with Crippen LogP contribution in [0.3, 0.4) is 0 Å². The van der Waals surface area contributed by atoms with Gasteiger partial charge in [0, 0.05) is 17.3 Å². The molecule has 0 fully saturated rings. The molecule has 0 aliphatic rings. The highest BCUT2D eigenvalue weighted by molar-refractivity contribution is 5.81. The number of anilines is 1. The number of aryl methyl sites for hydroxylation is 3. The van der Waals surface area contributed by atoms with Crippen LogP contribution in [0.5, 0.6) is 5.75 Å². The molecule has 0 radical (unpaired) electrons. The lowest BCUT2D eigenvalue weighted by molar-refractivity contribution is 0.416. The standard InChI is InChI=1S/C15H18N2O/c1-9-5-11(3)14(13(7-9)18-4)12-6-10(2)8-17-15(12)16/h5-8H,1-4H3,(H2,16,17). The topological polar surface area (TPSA) is 48.1 Å². The summed E-state index contributed by atoms with van der Waals surface area (Å²) in [7, 11) is 1.68. The largest absolute Gasteiger partial charge is 0.496 e. The van der Waals surface area contributed by atoms with E-state index in [1.807, 2.05) is 19.1 Å². The molecule has 2 aromatic rings. The molecule has 0 unspecified atom stereocenters. The van der Waals surface area contributed by atoms with Gasteiger partial charge in [-0.25, -0.2) is 4.98 Å². The summed E-state index contributed by atoms with van der Waals surface area (Å²) in [5.74, 6) is 1.37. The van der Waals surface area contributed by atoms with E-state index in [4.69, 9.17) is 10.5 Å². The predicted molar refractivity (Wildman–Crippen MR) is 74.8 cm³/mol. The van der Waals surface area contributed by atoms with Gasteiger partial charge in [0.05, 0.1) is 7.11 Å². The van der Waals surface area contributed by atoms with Crippen molar-refractivity contribution in [2.75, 3.05) is 12.8 Å². The molecule has 18 heavy (non-hydrogen) atoms. The zero-order chi connectivity index (χ0) is 13.3. The Hall–Kier alpha value is -2.03. The second-order valence-corrected chi connectivity index (χ2v) is 4.60. The molecule has 3 nitrogen and oxygen atoms in total. The van der Waals surface area contributed by atoms with Crippen molar-refractivity contribution in [3.05, 3.63) is 41.1 Å². The maximum atomic E-state index is 5.99. The second-order valence-electron chi connectivity index (χ2n) is 4.60. The SMILES string of the molecule is COc1cc(C)cc(C)c1-c1cc(C)cnc1N.